The van der Waals surface area contributed by atoms with Crippen LogP contribution in [-0.4, -0.2) is 16.1 Å². The van der Waals surface area contributed by atoms with Crippen LogP contribution in [0.25, 0.3) is 10.9 Å². The molecule has 0 radical (unpaired) electrons. The van der Waals surface area contributed by atoms with Crippen LogP contribution in [0.3, 0.4) is 0 Å². The molecule has 0 fully saturated rings. The lowest BCUT2D eigenvalue weighted by Gasteiger charge is -2.09. The zero-order valence-corrected chi connectivity index (χ0v) is 14.2. The maximum absolute atomic E-state index is 12.2. The Morgan fingerprint density at radius 3 is 2.48 bits per heavy atom. The average molecular weight is 357 g/mol. The predicted molar refractivity (Wildman–Crippen MR) is 102 cm³/mol. The Balaban J connectivity index is 1.42. The second-order valence-corrected chi connectivity index (χ2v) is 5.66. The molecule has 2 aromatic heterocycles. The summed E-state index contributed by atoms with van der Waals surface area (Å²) in [5, 5.41) is 3.59. The Kier molecular flexibility index (Phi) is 4.61. The van der Waals surface area contributed by atoms with Crippen molar-refractivity contribution in [2.45, 2.75) is 0 Å². The molecule has 27 heavy (non-hydrogen) atoms. The molecule has 0 saturated carbocycles. The maximum Gasteiger partial charge on any atom is 0.417 e. The van der Waals surface area contributed by atoms with Gasteiger partial charge in [-0.2, -0.15) is 0 Å². The summed E-state index contributed by atoms with van der Waals surface area (Å²) in [7, 11) is 0. The van der Waals surface area contributed by atoms with Crippen LogP contribution < -0.4 is 14.8 Å². The first-order valence-electron chi connectivity index (χ1n) is 8.28. The van der Waals surface area contributed by atoms with E-state index in [1.165, 1.54) is 0 Å². The summed E-state index contributed by atoms with van der Waals surface area (Å²) in [5.74, 6) is 1.68. The topological polar surface area (TPSA) is 73.3 Å². The quantitative estimate of drug-likeness (QED) is 0.554. The van der Waals surface area contributed by atoms with Crippen molar-refractivity contribution in [1.82, 2.24) is 9.97 Å². The molecular formula is C21H15N3O3. The van der Waals surface area contributed by atoms with Crippen LogP contribution in [0.2, 0.25) is 0 Å². The number of rotatable bonds is 4. The second kappa shape index (κ2) is 7.53. The van der Waals surface area contributed by atoms with E-state index in [9.17, 15) is 4.79 Å². The Hall–Kier alpha value is -3.93. The lowest BCUT2D eigenvalue weighted by Crippen LogP contribution is -2.16. The van der Waals surface area contributed by atoms with E-state index in [-0.39, 0.29) is 0 Å². The zero-order chi connectivity index (χ0) is 18.5. The molecule has 6 heteroatoms. The van der Waals surface area contributed by atoms with E-state index >= 15 is 0 Å². The molecule has 2 aromatic carbocycles. The highest BCUT2D eigenvalue weighted by molar-refractivity contribution is 5.91. The molecule has 1 N–H and O–H groups in total. The van der Waals surface area contributed by atoms with Gasteiger partial charge in [0.2, 0.25) is 0 Å². The zero-order valence-electron chi connectivity index (χ0n) is 14.2. The Labute approximate surface area is 155 Å². The molecule has 4 aromatic rings. The summed E-state index contributed by atoms with van der Waals surface area (Å²) < 4.78 is 11.1. The molecule has 0 aliphatic rings. The number of ether oxygens (including phenoxy) is 2. The van der Waals surface area contributed by atoms with Gasteiger partial charge in [0, 0.05) is 23.5 Å². The van der Waals surface area contributed by atoms with E-state index in [4.69, 9.17) is 9.47 Å². The average Bonchev–Trinajstić information content (AvgIpc) is 2.71. The third-order valence-corrected chi connectivity index (χ3v) is 3.77. The van der Waals surface area contributed by atoms with Gasteiger partial charge in [0.05, 0.1) is 6.20 Å². The first-order valence-corrected chi connectivity index (χ1v) is 8.28. The number of anilines is 1. The number of fused-ring (bicyclic) bond motifs is 1. The number of aromatic nitrogens is 2. The van der Waals surface area contributed by atoms with Gasteiger partial charge >= 0.3 is 6.09 Å². The number of benzene rings is 2. The van der Waals surface area contributed by atoms with Crippen LogP contribution in [0.1, 0.15) is 0 Å². The van der Waals surface area contributed by atoms with Crippen molar-refractivity contribution in [3.05, 3.63) is 85.3 Å². The minimum absolute atomic E-state index is 0.405. The van der Waals surface area contributed by atoms with E-state index in [0.29, 0.717) is 28.5 Å². The van der Waals surface area contributed by atoms with Crippen molar-refractivity contribution in [2.24, 2.45) is 0 Å². The number of hydrogen-bond acceptors (Lipinski definition) is 5. The maximum atomic E-state index is 12.2. The van der Waals surface area contributed by atoms with E-state index in [1.54, 1.807) is 55.0 Å². The predicted octanol–water partition coefficient (Wildman–Crippen LogP) is 5.03. The van der Waals surface area contributed by atoms with Gasteiger partial charge in [-0.15, -0.1) is 0 Å². The van der Waals surface area contributed by atoms with Crippen molar-refractivity contribution in [3.63, 3.8) is 0 Å². The third kappa shape index (κ3) is 4.01. The van der Waals surface area contributed by atoms with Gasteiger partial charge in [-0.25, -0.2) is 4.79 Å². The van der Waals surface area contributed by atoms with Gasteiger partial charge in [-0.05, 0) is 48.5 Å². The fraction of sp³-hybridized carbons (Fsp3) is 0. The SMILES string of the molecule is O=C(Nc1ccc(Oc2cccnc2)cc1)Oc1cccc2cccnc12. The summed E-state index contributed by atoms with van der Waals surface area (Å²) in [6.07, 6.45) is 4.38. The van der Waals surface area contributed by atoms with Gasteiger partial charge in [-0.1, -0.05) is 18.2 Å². The summed E-state index contributed by atoms with van der Waals surface area (Å²) in [6, 6.07) is 19.8. The molecule has 6 nitrogen and oxygen atoms in total. The highest BCUT2D eigenvalue weighted by atomic mass is 16.6. The van der Waals surface area contributed by atoms with Crippen molar-refractivity contribution in [3.8, 4) is 17.2 Å². The fourth-order valence-electron chi connectivity index (χ4n) is 2.55. The van der Waals surface area contributed by atoms with Gasteiger partial charge in [0.15, 0.2) is 5.75 Å². The molecule has 4 rings (SSSR count). The van der Waals surface area contributed by atoms with Gasteiger partial charge in [0.25, 0.3) is 0 Å². The fourth-order valence-corrected chi connectivity index (χ4v) is 2.55. The minimum atomic E-state index is -0.589. The molecule has 0 bridgehead atoms. The summed E-state index contributed by atoms with van der Waals surface area (Å²) in [5.41, 5.74) is 1.22. The first kappa shape index (κ1) is 16.5. The molecule has 2 heterocycles. The number of para-hydroxylation sites is 1. The molecule has 0 aliphatic carbocycles. The van der Waals surface area contributed by atoms with E-state index in [0.717, 1.165) is 5.39 Å². The molecule has 0 saturated heterocycles. The number of pyridine rings is 2. The molecule has 0 spiro atoms. The van der Waals surface area contributed by atoms with Crippen LogP contribution in [0, 0.1) is 0 Å². The molecule has 0 aliphatic heterocycles. The number of carbonyl (C=O) groups excluding carboxylic acids is 1. The summed E-state index contributed by atoms with van der Waals surface area (Å²) in [4.78, 5) is 20.5. The number of hydrogen-bond donors (Lipinski definition) is 1. The number of amides is 1. The molecule has 0 atom stereocenters. The van der Waals surface area contributed by atoms with E-state index in [2.05, 4.69) is 15.3 Å². The van der Waals surface area contributed by atoms with E-state index in [1.807, 2.05) is 30.3 Å². The molecular weight excluding hydrogens is 342 g/mol. The number of carbonyl (C=O) groups is 1. The van der Waals surface area contributed by atoms with Gasteiger partial charge in [0.1, 0.15) is 17.0 Å². The highest BCUT2D eigenvalue weighted by Crippen LogP contribution is 2.24. The van der Waals surface area contributed by atoms with Crippen molar-refractivity contribution in [2.75, 3.05) is 5.32 Å². The monoisotopic (exact) mass is 357 g/mol. The van der Waals surface area contributed by atoms with Crippen molar-refractivity contribution < 1.29 is 14.3 Å². The van der Waals surface area contributed by atoms with Crippen molar-refractivity contribution >= 4 is 22.7 Å². The first-order chi connectivity index (χ1) is 13.3. The lowest BCUT2D eigenvalue weighted by atomic mass is 10.2. The van der Waals surface area contributed by atoms with E-state index < -0.39 is 6.09 Å². The lowest BCUT2D eigenvalue weighted by molar-refractivity contribution is 0.215. The van der Waals surface area contributed by atoms with Crippen LogP contribution in [0.15, 0.2) is 85.3 Å². The molecule has 0 unspecified atom stereocenters. The van der Waals surface area contributed by atoms with Gasteiger partial charge < -0.3 is 9.47 Å². The molecule has 132 valence electrons. The van der Waals surface area contributed by atoms with Crippen LogP contribution in [0.5, 0.6) is 17.2 Å². The van der Waals surface area contributed by atoms with Crippen LogP contribution >= 0.6 is 0 Å². The smallest absolute Gasteiger partial charge is 0.417 e. The second-order valence-electron chi connectivity index (χ2n) is 5.66. The number of nitrogens with zero attached hydrogens (tertiary/aromatic N) is 2. The largest absolute Gasteiger partial charge is 0.456 e. The Morgan fingerprint density at radius 2 is 1.67 bits per heavy atom. The number of nitrogens with one attached hydrogen (secondary N) is 1. The van der Waals surface area contributed by atoms with Crippen LogP contribution in [-0.2, 0) is 0 Å². The van der Waals surface area contributed by atoms with Crippen LogP contribution in [0.4, 0.5) is 10.5 Å². The van der Waals surface area contributed by atoms with Crippen molar-refractivity contribution in [1.29, 1.82) is 0 Å². The summed E-state index contributed by atoms with van der Waals surface area (Å²) in [6.45, 7) is 0. The minimum Gasteiger partial charge on any atom is -0.456 e. The Bertz CT molecular complexity index is 1060. The highest BCUT2D eigenvalue weighted by Gasteiger charge is 2.09. The molecule has 1 amide bonds. The normalized spacial score (nSPS) is 10.4. The standard InChI is InChI=1S/C21H15N3O3/c25-21(27-19-7-1-4-15-5-2-13-23-20(15)19)24-16-8-10-17(11-9-16)26-18-6-3-12-22-14-18/h1-14H,(H,24,25). The third-order valence-electron chi connectivity index (χ3n) is 3.77. The Morgan fingerprint density at radius 1 is 0.852 bits per heavy atom. The summed E-state index contributed by atoms with van der Waals surface area (Å²) >= 11 is 0. The van der Waals surface area contributed by atoms with Gasteiger partial charge in [-0.3, -0.25) is 15.3 Å².